The first-order valence-electron chi connectivity index (χ1n) is 7.47. The molecule has 0 aliphatic heterocycles. The van der Waals surface area contributed by atoms with E-state index in [-0.39, 0.29) is 11.5 Å². The lowest BCUT2D eigenvalue weighted by Gasteiger charge is -2.04. The Kier molecular flexibility index (Phi) is 5.40. The highest BCUT2D eigenvalue weighted by Crippen LogP contribution is 2.27. The van der Waals surface area contributed by atoms with Crippen LogP contribution in [-0.2, 0) is 0 Å². The molecule has 0 N–H and O–H groups in total. The minimum Gasteiger partial charge on any atom is -0.495 e. The van der Waals surface area contributed by atoms with Gasteiger partial charge in [-0.25, -0.2) is 0 Å². The number of thioether (sulfide) groups is 1. The van der Waals surface area contributed by atoms with Gasteiger partial charge in [0.25, 0.3) is 5.22 Å². The first-order chi connectivity index (χ1) is 12.1. The Morgan fingerprint density at radius 2 is 1.96 bits per heavy atom. The van der Waals surface area contributed by atoms with E-state index in [0.717, 1.165) is 11.1 Å². The van der Waals surface area contributed by atoms with Crippen molar-refractivity contribution in [2.45, 2.75) is 12.1 Å². The molecule has 3 aromatic rings. The Balaban J connectivity index is 1.65. The van der Waals surface area contributed by atoms with Gasteiger partial charge in [-0.3, -0.25) is 4.79 Å². The summed E-state index contributed by atoms with van der Waals surface area (Å²) >= 11 is 7.24. The first kappa shape index (κ1) is 17.5. The van der Waals surface area contributed by atoms with Gasteiger partial charge < -0.3 is 9.15 Å². The molecule has 0 spiro atoms. The van der Waals surface area contributed by atoms with Gasteiger partial charge >= 0.3 is 0 Å². The Bertz CT molecular complexity index is 894. The Morgan fingerprint density at radius 1 is 1.20 bits per heavy atom. The molecular weight excluding hydrogens is 360 g/mol. The number of halogens is 1. The van der Waals surface area contributed by atoms with Gasteiger partial charge in [0.1, 0.15) is 5.75 Å². The molecule has 7 heteroatoms. The molecule has 2 aromatic carbocycles. The van der Waals surface area contributed by atoms with Crippen LogP contribution in [0.3, 0.4) is 0 Å². The molecule has 0 unspecified atom stereocenters. The topological polar surface area (TPSA) is 65.2 Å². The fourth-order valence-electron chi connectivity index (χ4n) is 2.13. The van der Waals surface area contributed by atoms with Gasteiger partial charge in [0, 0.05) is 11.1 Å². The van der Waals surface area contributed by atoms with E-state index in [1.807, 2.05) is 31.2 Å². The standard InChI is InChI=1S/C18H15ClN2O3S/c1-11-3-5-12(6-4-11)17-20-21-18(24-17)25-10-15(22)13-7-8-16(23-2)14(19)9-13/h3-9H,10H2,1-2H3. The molecule has 0 saturated heterocycles. The zero-order chi connectivity index (χ0) is 17.8. The molecule has 0 atom stereocenters. The van der Waals surface area contributed by atoms with Crippen molar-refractivity contribution in [2.24, 2.45) is 0 Å². The maximum atomic E-state index is 12.3. The van der Waals surface area contributed by atoms with E-state index in [4.69, 9.17) is 20.8 Å². The predicted molar refractivity (Wildman–Crippen MR) is 97.5 cm³/mol. The second kappa shape index (κ2) is 7.72. The number of benzene rings is 2. The zero-order valence-electron chi connectivity index (χ0n) is 13.7. The van der Waals surface area contributed by atoms with Crippen LogP contribution in [0.5, 0.6) is 5.75 Å². The lowest BCUT2D eigenvalue weighted by Crippen LogP contribution is -2.02. The lowest BCUT2D eigenvalue weighted by molar-refractivity contribution is 0.102. The fraction of sp³-hybridized carbons (Fsp3) is 0.167. The number of ketones is 1. The van der Waals surface area contributed by atoms with Crippen LogP contribution < -0.4 is 4.74 Å². The largest absolute Gasteiger partial charge is 0.495 e. The summed E-state index contributed by atoms with van der Waals surface area (Å²) in [7, 11) is 1.53. The van der Waals surface area contributed by atoms with Crippen molar-refractivity contribution >= 4 is 29.1 Å². The fourth-order valence-corrected chi connectivity index (χ4v) is 3.05. The van der Waals surface area contributed by atoms with E-state index in [1.54, 1.807) is 18.2 Å². The lowest BCUT2D eigenvalue weighted by atomic mass is 10.1. The van der Waals surface area contributed by atoms with Crippen molar-refractivity contribution in [3.63, 3.8) is 0 Å². The molecule has 3 rings (SSSR count). The second-order valence-electron chi connectivity index (χ2n) is 5.30. The van der Waals surface area contributed by atoms with Crippen LogP contribution in [0, 0.1) is 6.92 Å². The molecular formula is C18H15ClN2O3S. The number of aryl methyl sites for hydroxylation is 1. The van der Waals surface area contributed by atoms with Gasteiger partial charge in [-0.2, -0.15) is 0 Å². The van der Waals surface area contributed by atoms with E-state index in [2.05, 4.69) is 10.2 Å². The van der Waals surface area contributed by atoms with Crippen LogP contribution in [0.15, 0.2) is 52.1 Å². The summed E-state index contributed by atoms with van der Waals surface area (Å²) in [6.07, 6.45) is 0. The molecule has 0 radical (unpaired) electrons. The number of hydrogen-bond donors (Lipinski definition) is 0. The highest BCUT2D eigenvalue weighted by Gasteiger charge is 2.13. The van der Waals surface area contributed by atoms with Crippen LogP contribution >= 0.6 is 23.4 Å². The maximum absolute atomic E-state index is 12.3. The van der Waals surface area contributed by atoms with Crippen molar-refractivity contribution < 1.29 is 13.9 Å². The summed E-state index contributed by atoms with van der Waals surface area (Å²) in [6.45, 7) is 2.01. The number of ether oxygens (including phenoxy) is 1. The third-order valence-electron chi connectivity index (χ3n) is 3.51. The Hall–Kier alpha value is -2.31. The van der Waals surface area contributed by atoms with E-state index in [1.165, 1.54) is 18.9 Å². The summed E-state index contributed by atoms with van der Waals surface area (Å²) in [6, 6.07) is 12.7. The number of methoxy groups -OCH3 is 1. The van der Waals surface area contributed by atoms with Crippen molar-refractivity contribution in [3.05, 3.63) is 58.6 Å². The third kappa shape index (κ3) is 4.21. The number of carbonyl (C=O) groups is 1. The van der Waals surface area contributed by atoms with Crippen LogP contribution in [0.25, 0.3) is 11.5 Å². The van der Waals surface area contributed by atoms with Crippen LogP contribution in [0.4, 0.5) is 0 Å². The van der Waals surface area contributed by atoms with Gasteiger partial charge in [-0.1, -0.05) is 41.1 Å². The molecule has 25 heavy (non-hydrogen) atoms. The molecule has 128 valence electrons. The van der Waals surface area contributed by atoms with Gasteiger partial charge in [0.2, 0.25) is 5.89 Å². The van der Waals surface area contributed by atoms with Crippen LogP contribution in [0.1, 0.15) is 15.9 Å². The van der Waals surface area contributed by atoms with Gasteiger partial charge in [0.05, 0.1) is 17.9 Å². The molecule has 0 aliphatic rings. The third-order valence-corrected chi connectivity index (χ3v) is 4.62. The molecule has 0 aliphatic carbocycles. The van der Waals surface area contributed by atoms with Gasteiger partial charge in [0.15, 0.2) is 5.78 Å². The number of aromatic nitrogens is 2. The molecule has 1 heterocycles. The first-order valence-corrected chi connectivity index (χ1v) is 8.83. The van der Waals surface area contributed by atoms with Crippen molar-refractivity contribution in [2.75, 3.05) is 12.9 Å². The summed E-state index contributed by atoms with van der Waals surface area (Å²) in [4.78, 5) is 12.3. The summed E-state index contributed by atoms with van der Waals surface area (Å²) in [5.74, 6) is 1.07. The van der Waals surface area contributed by atoms with E-state index in [0.29, 0.717) is 27.4 Å². The Morgan fingerprint density at radius 3 is 2.64 bits per heavy atom. The number of Topliss-reactive ketones (excluding diaryl/α,β-unsaturated/α-hetero) is 1. The van der Waals surface area contributed by atoms with E-state index >= 15 is 0 Å². The average Bonchev–Trinajstić information content (AvgIpc) is 3.09. The SMILES string of the molecule is COc1ccc(C(=O)CSc2nnc(-c3ccc(C)cc3)o2)cc1Cl. The van der Waals surface area contributed by atoms with Crippen LogP contribution in [0.2, 0.25) is 5.02 Å². The number of carbonyl (C=O) groups excluding carboxylic acids is 1. The zero-order valence-corrected chi connectivity index (χ0v) is 15.2. The van der Waals surface area contributed by atoms with Crippen molar-refractivity contribution in [1.29, 1.82) is 0 Å². The molecule has 0 amide bonds. The van der Waals surface area contributed by atoms with Crippen molar-refractivity contribution in [1.82, 2.24) is 10.2 Å². The van der Waals surface area contributed by atoms with Gasteiger partial charge in [-0.05, 0) is 37.3 Å². The van der Waals surface area contributed by atoms with Gasteiger partial charge in [-0.15, -0.1) is 10.2 Å². The summed E-state index contributed by atoms with van der Waals surface area (Å²) in [5, 5.41) is 8.74. The summed E-state index contributed by atoms with van der Waals surface area (Å²) < 4.78 is 10.7. The summed E-state index contributed by atoms with van der Waals surface area (Å²) in [5.41, 5.74) is 2.51. The van der Waals surface area contributed by atoms with E-state index in [9.17, 15) is 4.79 Å². The Labute approximate surface area is 154 Å². The number of hydrogen-bond acceptors (Lipinski definition) is 6. The number of rotatable bonds is 6. The normalized spacial score (nSPS) is 10.7. The van der Waals surface area contributed by atoms with Crippen LogP contribution in [-0.4, -0.2) is 28.8 Å². The molecule has 0 saturated carbocycles. The average molecular weight is 375 g/mol. The maximum Gasteiger partial charge on any atom is 0.277 e. The minimum atomic E-state index is -0.0790. The molecule has 5 nitrogen and oxygen atoms in total. The second-order valence-corrected chi connectivity index (χ2v) is 6.63. The molecule has 0 fully saturated rings. The minimum absolute atomic E-state index is 0.0790. The smallest absolute Gasteiger partial charge is 0.277 e. The molecule has 0 bridgehead atoms. The quantitative estimate of drug-likeness (QED) is 0.461. The van der Waals surface area contributed by atoms with Crippen molar-refractivity contribution in [3.8, 4) is 17.2 Å². The monoisotopic (exact) mass is 374 g/mol. The molecule has 1 aromatic heterocycles. The highest BCUT2D eigenvalue weighted by atomic mass is 35.5. The van der Waals surface area contributed by atoms with E-state index < -0.39 is 0 Å². The predicted octanol–water partition coefficient (Wildman–Crippen LogP) is 4.68. The highest BCUT2D eigenvalue weighted by molar-refractivity contribution is 7.99. The number of nitrogens with zero attached hydrogens (tertiary/aromatic N) is 2.